The van der Waals surface area contributed by atoms with Gasteiger partial charge in [-0.25, -0.2) is 9.42 Å². The number of carbonyl (C=O) groups excluding carboxylic acids is 1. The van der Waals surface area contributed by atoms with Crippen LogP contribution in [0.25, 0.3) is 11.0 Å². The van der Waals surface area contributed by atoms with E-state index in [1.54, 1.807) is 19.2 Å². The molecule has 7 nitrogen and oxygen atoms in total. The summed E-state index contributed by atoms with van der Waals surface area (Å²) in [5.41, 5.74) is 2.17. The Morgan fingerprint density at radius 3 is 2.64 bits per heavy atom. The van der Waals surface area contributed by atoms with Gasteiger partial charge in [0.2, 0.25) is 0 Å². The molecule has 0 spiro atoms. The van der Waals surface area contributed by atoms with Crippen LogP contribution in [0.3, 0.4) is 0 Å². The average Bonchev–Trinajstić information content (AvgIpc) is 3.15. The molecule has 0 saturated carbocycles. The summed E-state index contributed by atoms with van der Waals surface area (Å²) in [6.07, 6.45) is 0. The van der Waals surface area contributed by atoms with Gasteiger partial charge in [-0.2, -0.15) is 0 Å². The van der Waals surface area contributed by atoms with E-state index in [0.717, 1.165) is 16.9 Å². The van der Waals surface area contributed by atoms with Crippen molar-refractivity contribution in [1.29, 1.82) is 0 Å². The maximum atomic E-state index is 12.3. The van der Waals surface area contributed by atoms with E-state index in [0.29, 0.717) is 22.5 Å². The molecule has 1 amide bonds. The van der Waals surface area contributed by atoms with Crippen molar-refractivity contribution >= 4 is 34.2 Å². The third-order valence-electron chi connectivity index (χ3n) is 3.11. The molecule has 2 aromatic heterocycles. The summed E-state index contributed by atoms with van der Waals surface area (Å²) in [4.78, 5) is 25.2. The zero-order valence-corrected chi connectivity index (χ0v) is 12.3. The number of carboxylic acids is 1. The monoisotopic (exact) mass is 317 g/mol. The van der Waals surface area contributed by atoms with Gasteiger partial charge in [-0.15, -0.1) is 11.3 Å². The van der Waals surface area contributed by atoms with E-state index in [2.05, 4.69) is 14.9 Å². The molecule has 3 aromatic rings. The lowest BCUT2D eigenvalue weighted by molar-refractivity contribution is 0.0701. The summed E-state index contributed by atoms with van der Waals surface area (Å²) < 4.78 is 4.63. The number of benzene rings is 1. The summed E-state index contributed by atoms with van der Waals surface area (Å²) in [6.45, 7) is 0.377. The van der Waals surface area contributed by atoms with Crippen molar-refractivity contribution in [2.45, 2.75) is 6.54 Å². The quantitative estimate of drug-likeness (QED) is 0.793. The lowest BCUT2D eigenvalue weighted by Gasteiger charge is -2.16. The van der Waals surface area contributed by atoms with E-state index in [9.17, 15) is 9.59 Å². The highest BCUT2D eigenvalue weighted by molar-refractivity contribution is 7.15. The maximum Gasteiger partial charge on any atom is 0.345 e. The van der Waals surface area contributed by atoms with Gasteiger partial charge in [0.1, 0.15) is 15.9 Å². The smallest absolute Gasteiger partial charge is 0.345 e. The SMILES string of the molecule is CN(Cc1ccc2nonc2c1)C(=O)c1ccc(C(=O)O)s1. The van der Waals surface area contributed by atoms with Crippen molar-refractivity contribution in [2.75, 3.05) is 7.05 Å². The van der Waals surface area contributed by atoms with Gasteiger partial charge in [-0.3, -0.25) is 4.79 Å². The minimum Gasteiger partial charge on any atom is -0.477 e. The summed E-state index contributed by atoms with van der Waals surface area (Å²) >= 11 is 0.964. The number of hydrogen-bond donors (Lipinski definition) is 1. The Hall–Kier alpha value is -2.74. The molecular weight excluding hydrogens is 306 g/mol. The van der Waals surface area contributed by atoms with Crippen LogP contribution in [0.5, 0.6) is 0 Å². The Bertz CT molecular complexity index is 855. The number of nitrogens with zero attached hydrogens (tertiary/aromatic N) is 3. The van der Waals surface area contributed by atoms with Gasteiger partial charge >= 0.3 is 5.97 Å². The van der Waals surface area contributed by atoms with Gasteiger partial charge in [0.05, 0.1) is 4.88 Å². The molecule has 0 saturated heterocycles. The van der Waals surface area contributed by atoms with Crippen LogP contribution in [0.1, 0.15) is 24.9 Å². The number of carbonyl (C=O) groups is 2. The van der Waals surface area contributed by atoms with Crippen molar-refractivity contribution in [2.24, 2.45) is 0 Å². The van der Waals surface area contributed by atoms with Gasteiger partial charge in [0.25, 0.3) is 5.91 Å². The summed E-state index contributed by atoms with van der Waals surface area (Å²) in [5.74, 6) is -1.26. The molecule has 0 aliphatic carbocycles. The standard InChI is InChI=1S/C14H11N3O4S/c1-17(13(18)11-4-5-12(22-11)14(19)20)7-8-2-3-9-10(6-8)16-21-15-9/h2-6H,7H2,1H3,(H,19,20). The molecule has 0 unspecified atom stereocenters. The topological polar surface area (TPSA) is 96.5 Å². The van der Waals surface area contributed by atoms with E-state index in [4.69, 9.17) is 5.11 Å². The van der Waals surface area contributed by atoms with Crippen LogP contribution in [-0.2, 0) is 6.54 Å². The second-order valence-corrected chi connectivity index (χ2v) is 5.80. The van der Waals surface area contributed by atoms with E-state index in [-0.39, 0.29) is 10.8 Å². The van der Waals surface area contributed by atoms with Crippen molar-refractivity contribution in [3.63, 3.8) is 0 Å². The van der Waals surface area contributed by atoms with Gasteiger partial charge < -0.3 is 10.0 Å². The molecule has 0 atom stereocenters. The molecule has 0 fully saturated rings. The van der Waals surface area contributed by atoms with Gasteiger partial charge in [0.15, 0.2) is 0 Å². The number of thiophene rings is 1. The Balaban J connectivity index is 1.76. The second kappa shape index (κ2) is 5.57. The van der Waals surface area contributed by atoms with Crippen LogP contribution < -0.4 is 0 Å². The van der Waals surface area contributed by atoms with E-state index in [1.165, 1.54) is 17.0 Å². The predicted molar refractivity (Wildman–Crippen MR) is 78.9 cm³/mol. The average molecular weight is 317 g/mol. The van der Waals surface area contributed by atoms with Crippen LogP contribution in [0.4, 0.5) is 0 Å². The van der Waals surface area contributed by atoms with E-state index in [1.807, 2.05) is 6.07 Å². The highest BCUT2D eigenvalue weighted by atomic mass is 32.1. The molecule has 1 aromatic carbocycles. The fraction of sp³-hybridized carbons (Fsp3) is 0.143. The minimum absolute atomic E-state index is 0.145. The van der Waals surface area contributed by atoms with Crippen LogP contribution in [0, 0.1) is 0 Å². The number of hydrogen-bond acceptors (Lipinski definition) is 6. The molecule has 1 N–H and O–H groups in total. The van der Waals surface area contributed by atoms with Gasteiger partial charge in [-0.05, 0) is 40.1 Å². The Labute approximate surface area is 128 Å². The summed E-state index contributed by atoms with van der Waals surface area (Å²) in [6, 6.07) is 8.37. The molecule has 0 aliphatic rings. The van der Waals surface area contributed by atoms with Crippen LogP contribution in [-0.4, -0.2) is 39.2 Å². The number of carboxylic acid groups (broad SMARTS) is 1. The molecule has 112 valence electrons. The Kier molecular flexibility index (Phi) is 3.60. The number of aromatic nitrogens is 2. The molecule has 8 heteroatoms. The van der Waals surface area contributed by atoms with Crippen LogP contribution in [0.2, 0.25) is 0 Å². The van der Waals surface area contributed by atoms with Crippen molar-refractivity contribution in [3.05, 3.63) is 45.6 Å². The molecule has 0 bridgehead atoms. The first-order valence-corrected chi connectivity index (χ1v) is 7.16. The largest absolute Gasteiger partial charge is 0.477 e. The minimum atomic E-state index is -1.03. The normalized spacial score (nSPS) is 10.8. The van der Waals surface area contributed by atoms with E-state index < -0.39 is 5.97 Å². The highest BCUT2D eigenvalue weighted by Gasteiger charge is 2.17. The summed E-state index contributed by atoms with van der Waals surface area (Å²) in [7, 11) is 1.66. The zero-order chi connectivity index (χ0) is 15.7. The van der Waals surface area contributed by atoms with Crippen molar-refractivity contribution in [1.82, 2.24) is 15.2 Å². The highest BCUT2D eigenvalue weighted by Crippen LogP contribution is 2.19. The first-order chi connectivity index (χ1) is 10.5. The molecule has 3 rings (SSSR count). The number of amides is 1. The number of fused-ring (bicyclic) bond motifs is 1. The van der Waals surface area contributed by atoms with Crippen molar-refractivity contribution < 1.29 is 19.3 Å². The first kappa shape index (κ1) is 14.2. The first-order valence-electron chi connectivity index (χ1n) is 6.34. The lowest BCUT2D eigenvalue weighted by Crippen LogP contribution is -2.25. The zero-order valence-electron chi connectivity index (χ0n) is 11.5. The lowest BCUT2D eigenvalue weighted by atomic mass is 10.2. The fourth-order valence-corrected chi connectivity index (χ4v) is 2.87. The Morgan fingerprint density at radius 2 is 1.91 bits per heavy atom. The molecule has 0 aliphatic heterocycles. The third kappa shape index (κ3) is 2.68. The molecule has 0 radical (unpaired) electrons. The van der Waals surface area contributed by atoms with Crippen LogP contribution >= 0.6 is 11.3 Å². The molecule has 22 heavy (non-hydrogen) atoms. The van der Waals surface area contributed by atoms with E-state index >= 15 is 0 Å². The fourth-order valence-electron chi connectivity index (χ4n) is 2.03. The summed E-state index contributed by atoms with van der Waals surface area (Å²) in [5, 5.41) is 16.4. The molecular formula is C14H11N3O4S. The third-order valence-corrected chi connectivity index (χ3v) is 4.17. The second-order valence-electron chi connectivity index (χ2n) is 4.72. The number of rotatable bonds is 4. The molecule has 2 heterocycles. The van der Waals surface area contributed by atoms with Crippen molar-refractivity contribution in [3.8, 4) is 0 Å². The Morgan fingerprint density at radius 1 is 1.18 bits per heavy atom. The van der Waals surface area contributed by atoms with Crippen LogP contribution in [0.15, 0.2) is 35.0 Å². The number of aromatic carboxylic acids is 1. The van der Waals surface area contributed by atoms with Gasteiger partial charge in [0, 0.05) is 13.6 Å². The maximum absolute atomic E-state index is 12.3. The van der Waals surface area contributed by atoms with Gasteiger partial charge in [-0.1, -0.05) is 6.07 Å². The predicted octanol–water partition coefficient (Wildman–Crippen LogP) is 2.25.